The van der Waals surface area contributed by atoms with Crippen molar-refractivity contribution in [1.82, 2.24) is 4.98 Å². The summed E-state index contributed by atoms with van der Waals surface area (Å²) in [5.41, 5.74) is 2.00. The van der Waals surface area contributed by atoms with Crippen LogP contribution in [-0.2, 0) is 6.42 Å². The minimum absolute atomic E-state index is 0.126. The lowest BCUT2D eigenvalue weighted by molar-refractivity contribution is 0.536. The largest absolute Gasteiger partial charge is 0.457 e. The fourth-order valence-electron chi connectivity index (χ4n) is 1.80. The number of alkyl halides is 1. The maximum Gasteiger partial charge on any atom is 0.173 e. The third-order valence-corrected chi connectivity index (χ3v) is 4.77. The summed E-state index contributed by atoms with van der Waals surface area (Å²) in [6, 6.07) is 10.0. The van der Waals surface area contributed by atoms with Crippen LogP contribution in [0.2, 0.25) is 0 Å². The number of thiazole rings is 1. The molecule has 5 heteroatoms. The van der Waals surface area contributed by atoms with E-state index in [1.807, 2.05) is 24.3 Å². The Morgan fingerprint density at radius 1 is 1.33 bits per heavy atom. The van der Waals surface area contributed by atoms with E-state index < -0.39 is 0 Å². The molecule has 0 aliphatic carbocycles. The molecule has 0 saturated heterocycles. The van der Waals surface area contributed by atoms with Crippen molar-refractivity contribution in [1.29, 1.82) is 0 Å². The normalized spacial score (nSPS) is 13.0. The van der Waals surface area contributed by atoms with Gasteiger partial charge in [0, 0.05) is 12.0 Å². The Hall–Kier alpha value is -0.840. The number of furan rings is 1. The molecule has 0 spiro atoms. The molecule has 2 heterocycles. The lowest BCUT2D eigenvalue weighted by Gasteiger charge is -2.04. The molecule has 1 unspecified atom stereocenters. The van der Waals surface area contributed by atoms with E-state index in [2.05, 4.69) is 27.0 Å². The summed E-state index contributed by atoms with van der Waals surface area (Å²) in [6.45, 7) is 0. The van der Waals surface area contributed by atoms with E-state index in [0.29, 0.717) is 11.1 Å². The summed E-state index contributed by atoms with van der Waals surface area (Å²) in [5.74, 6) is 0. The third kappa shape index (κ3) is 2.32. The lowest BCUT2D eigenvalue weighted by atomic mass is 10.2. The maximum atomic E-state index is 6.39. The summed E-state index contributed by atoms with van der Waals surface area (Å²) in [5, 5.41) is 0.919. The average Bonchev–Trinajstić information content (AvgIpc) is 2.94. The highest BCUT2D eigenvalue weighted by molar-refractivity contribution is 9.10. The highest BCUT2D eigenvalue weighted by Gasteiger charge is 2.16. The van der Waals surface area contributed by atoms with E-state index in [9.17, 15) is 0 Å². The molecule has 2 nitrogen and oxygen atoms in total. The molecule has 3 aromatic rings. The van der Waals surface area contributed by atoms with E-state index >= 15 is 0 Å². The number of hydrogen-bond donors (Lipinski definition) is 0. The smallest absolute Gasteiger partial charge is 0.173 e. The van der Waals surface area contributed by atoms with Crippen molar-refractivity contribution in [3.63, 3.8) is 0 Å². The highest BCUT2D eigenvalue weighted by Crippen LogP contribution is 2.33. The van der Waals surface area contributed by atoms with Gasteiger partial charge >= 0.3 is 0 Å². The molecule has 1 aromatic carbocycles. The first-order valence-electron chi connectivity index (χ1n) is 5.45. The van der Waals surface area contributed by atoms with Crippen LogP contribution < -0.4 is 0 Å². The van der Waals surface area contributed by atoms with Gasteiger partial charge in [-0.15, -0.1) is 22.9 Å². The zero-order chi connectivity index (χ0) is 12.5. The molecule has 0 saturated carbocycles. The molecule has 92 valence electrons. The van der Waals surface area contributed by atoms with Crippen molar-refractivity contribution < 1.29 is 4.42 Å². The van der Waals surface area contributed by atoms with Gasteiger partial charge < -0.3 is 4.42 Å². The van der Waals surface area contributed by atoms with Gasteiger partial charge in [0.05, 0.1) is 26.9 Å². The lowest BCUT2D eigenvalue weighted by Crippen LogP contribution is -1.94. The molecule has 0 aliphatic rings. The van der Waals surface area contributed by atoms with Crippen molar-refractivity contribution in [2.75, 3.05) is 0 Å². The molecule has 0 aliphatic heterocycles. The summed E-state index contributed by atoms with van der Waals surface area (Å²) in [7, 11) is 0. The van der Waals surface area contributed by atoms with Gasteiger partial charge in [-0.3, -0.25) is 0 Å². The highest BCUT2D eigenvalue weighted by atomic mass is 79.9. The number of fused-ring (bicyclic) bond motifs is 1. The predicted octanol–water partition coefficient (Wildman–Crippen LogP) is 5.17. The summed E-state index contributed by atoms with van der Waals surface area (Å²) in [6.07, 6.45) is 2.34. The second-order valence-corrected chi connectivity index (χ2v) is 6.26. The molecule has 0 radical (unpaired) electrons. The molecule has 1 atom stereocenters. The Balaban J connectivity index is 1.86. The van der Waals surface area contributed by atoms with E-state index in [1.165, 1.54) is 4.70 Å². The number of rotatable bonds is 3. The quantitative estimate of drug-likeness (QED) is 0.613. The van der Waals surface area contributed by atoms with E-state index in [4.69, 9.17) is 16.0 Å². The first-order chi connectivity index (χ1) is 8.74. The van der Waals surface area contributed by atoms with Crippen LogP contribution in [0.1, 0.15) is 15.9 Å². The minimum Gasteiger partial charge on any atom is -0.457 e. The van der Waals surface area contributed by atoms with Gasteiger partial charge in [0.15, 0.2) is 4.67 Å². The third-order valence-electron chi connectivity index (χ3n) is 2.68. The van der Waals surface area contributed by atoms with E-state index in [0.717, 1.165) is 16.1 Å². The average molecular weight is 343 g/mol. The molecular weight excluding hydrogens is 334 g/mol. The van der Waals surface area contributed by atoms with Gasteiger partial charge in [0.1, 0.15) is 0 Å². The first kappa shape index (κ1) is 12.2. The number of nitrogens with zero attached hydrogens (tertiary/aromatic N) is 1. The predicted molar refractivity (Wildman–Crippen MR) is 78.3 cm³/mol. The van der Waals surface area contributed by atoms with Gasteiger partial charge in [-0.05, 0) is 34.1 Å². The number of halogens is 2. The standard InChI is InChI=1S/C13H9BrClNOS/c14-13-8(5-6-17-13)9(15)7-12-16-10-3-1-2-4-11(10)18-12/h1-6,9H,7H2. The van der Waals surface area contributed by atoms with Crippen molar-refractivity contribution >= 4 is 49.1 Å². The molecule has 0 fully saturated rings. The summed E-state index contributed by atoms with van der Waals surface area (Å²) < 4.78 is 7.09. The van der Waals surface area contributed by atoms with Crippen LogP contribution in [0.25, 0.3) is 10.2 Å². The summed E-state index contributed by atoms with van der Waals surface area (Å²) >= 11 is 11.4. The van der Waals surface area contributed by atoms with Crippen LogP contribution in [0, 0.1) is 0 Å². The number of para-hydroxylation sites is 1. The number of hydrogen-bond acceptors (Lipinski definition) is 3. The molecule has 2 aromatic heterocycles. The first-order valence-corrected chi connectivity index (χ1v) is 7.50. The van der Waals surface area contributed by atoms with Gasteiger partial charge in [-0.2, -0.15) is 0 Å². The van der Waals surface area contributed by atoms with Crippen LogP contribution >= 0.6 is 38.9 Å². The molecular formula is C13H9BrClNOS. The summed E-state index contributed by atoms with van der Waals surface area (Å²) in [4.78, 5) is 4.58. The molecule has 0 N–H and O–H groups in total. The Morgan fingerprint density at radius 2 is 2.17 bits per heavy atom. The van der Waals surface area contributed by atoms with Gasteiger partial charge in [-0.25, -0.2) is 4.98 Å². The van der Waals surface area contributed by atoms with Crippen LogP contribution in [0.5, 0.6) is 0 Å². The van der Waals surface area contributed by atoms with Crippen LogP contribution in [0.3, 0.4) is 0 Å². The zero-order valence-corrected chi connectivity index (χ0v) is 12.4. The van der Waals surface area contributed by atoms with E-state index in [-0.39, 0.29) is 5.38 Å². The monoisotopic (exact) mass is 341 g/mol. The van der Waals surface area contributed by atoms with Crippen molar-refractivity contribution in [2.45, 2.75) is 11.8 Å². The second kappa shape index (κ2) is 5.03. The fraction of sp³-hybridized carbons (Fsp3) is 0.154. The Kier molecular flexibility index (Phi) is 3.41. The topological polar surface area (TPSA) is 26.0 Å². The molecule has 0 bridgehead atoms. The van der Waals surface area contributed by atoms with Gasteiger partial charge in [-0.1, -0.05) is 12.1 Å². The van der Waals surface area contributed by atoms with Crippen LogP contribution in [-0.4, -0.2) is 4.98 Å². The Labute approximate surface area is 122 Å². The Morgan fingerprint density at radius 3 is 2.89 bits per heavy atom. The number of benzene rings is 1. The van der Waals surface area contributed by atoms with Crippen LogP contribution in [0.15, 0.2) is 45.7 Å². The van der Waals surface area contributed by atoms with Gasteiger partial charge in [0.25, 0.3) is 0 Å². The van der Waals surface area contributed by atoms with Crippen molar-refractivity contribution in [3.05, 3.63) is 51.8 Å². The second-order valence-electron chi connectivity index (χ2n) is 3.90. The van der Waals surface area contributed by atoms with Crippen LogP contribution in [0.4, 0.5) is 0 Å². The maximum absolute atomic E-state index is 6.39. The van der Waals surface area contributed by atoms with Crippen molar-refractivity contribution in [3.8, 4) is 0 Å². The SMILES string of the molecule is ClC(Cc1nc2ccccc2s1)c1ccoc1Br. The molecule has 3 rings (SSSR count). The van der Waals surface area contributed by atoms with Crippen molar-refractivity contribution in [2.24, 2.45) is 0 Å². The van der Waals surface area contributed by atoms with E-state index in [1.54, 1.807) is 17.6 Å². The number of aromatic nitrogens is 1. The van der Waals surface area contributed by atoms with Gasteiger partial charge in [0.2, 0.25) is 0 Å². The Bertz CT molecular complexity index is 645. The molecule has 18 heavy (non-hydrogen) atoms. The minimum atomic E-state index is -0.126. The zero-order valence-electron chi connectivity index (χ0n) is 9.27. The fourth-order valence-corrected chi connectivity index (χ4v) is 3.87. The molecule has 0 amide bonds.